The monoisotopic (exact) mass is 676 g/mol. The lowest BCUT2D eigenvalue weighted by atomic mass is 9.74. The van der Waals surface area contributed by atoms with Crippen LogP contribution in [-0.2, 0) is 5.41 Å². The number of phenolic OH excluding ortho intramolecular Hbond substituents is 1. The predicted molar refractivity (Wildman–Crippen MR) is 199 cm³/mol. The smallest absolute Gasteiger partial charge is 0.190 e. The van der Waals surface area contributed by atoms with Crippen molar-refractivity contribution in [2.24, 2.45) is 5.41 Å². The molecule has 0 bridgehead atoms. The van der Waals surface area contributed by atoms with Crippen LogP contribution in [0.2, 0.25) is 0 Å². The van der Waals surface area contributed by atoms with Crippen LogP contribution in [0.15, 0.2) is 70.4 Å². The van der Waals surface area contributed by atoms with Gasteiger partial charge in [0.2, 0.25) is 0 Å². The highest BCUT2D eigenvalue weighted by molar-refractivity contribution is 8.43. The van der Waals surface area contributed by atoms with Crippen molar-refractivity contribution in [2.45, 2.75) is 47.0 Å². The average Bonchev–Trinajstić information content (AvgIpc) is 3.62. The van der Waals surface area contributed by atoms with E-state index in [9.17, 15) is 9.90 Å². The summed E-state index contributed by atoms with van der Waals surface area (Å²) in [4.78, 5) is 15.2. The number of carbonyl (C=O) groups is 1. The zero-order valence-corrected chi connectivity index (χ0v) is 29.8. The van der Waals surface area contributed by atoms with Gasteiger partial charge in [-0.1, -0.05) is 113 Å². The van der Waals surface area contributed by atoms with Crippen LogP contribution < -0.4 is 0 Å². The second-order valence-electron chi connectivity index (χ2n) is 13.0. The summed E-state index contributed by atoms with van der Waals surface area (Å²) in [6, 6.07) is 14.8. The molecule has 4 aliphatic rings. The Morgan fingerprint density at radius 3 is 2.00 bits per heavy atom. The molecule has 0 amide bonds. The number of phenols is 1. The van der Waals surface area contributed by atoms with Crippen molar-refractivity contribution in [2.75, 3.05) is 11.5 Å². The first-order valence-corrected chi connectivity index (χ1v) is 19.5. The van der Waals surface area contributed by atoms with Gasteiger partial charge in [-0.2, -0.15) is 0 Å². The van der Waals surface area contributed by atoms with Crippen molar-refractivity contribution in [1.82, 2.24) is 0 Å². The van der Waals surface area contributed by atoms with E-state index in [1.54, 1.807) is 0 Å². The van der Waals surface area contributed by atoms with Crippen LogP contribution in [0.25, 0.3) is 32.9 Å². The van der Waals surface area contributed by atoms with E-state index >= 15 is 0 Å². The molecule has 0 spiro atoms. The fourth-order valence-corrected chi connectivity index (χ4v) is 14.2. The molecule has 1 N–H and O–H groups in total. The third kappa shape index (κ3) is 5.48. The van der Waals surface area contributed by atoms with Crippen molar-refractivity contribution in [1.29, 1.82) is 0 Å². The summed E-state index contributed by atoms with van der Waals surface area (Å²) in [5.41, 5.74) is 6.03. The summed E-state index contributed by atoms with van der Waals surface area (Å²) in [5.74, 6) is 2.73. The molecule has 3 aromatic carbocycles. The first-order chi connectivity index (χ1) is 20.4. The van der Waals surface area contributed by atoms with Crippen LogP contribution in [0, 0.1) is 5.41 Å². The van der Waals surface area contributed by atoms with Gasteiger partial charge in [0.15, 0.2) is 5.78 Å². The minimum atomic E-state index is -0.292. The number of allylic oxidation sites excluding steroid dienone is 1. The zero-order chi connectivity index (χ0) is 30.3. The number of carbonyl (C=O) groups excluding carboxylic acids is 1. The Morgan fingerprint density at radius 1 is 0.721 bits per heavy atom. The fourth-order valence-electron chi connectivity index (χ4n) is 5.64. The summed E-state index contributed by atoms with van der Waals surface area (Å²) in [7, 11) is 0. The highest BCUT2D eigenvalue weighted by Crippen LogP contribution is 2.64. The SMILES string of the molecule is CC(C)(C)C1=Cc2cc(C(C)(C)C)c(O)c3cc(-c4ccc(C5=CSC(=C6SC7=C(SCCS7)S6)S5)cc4)cc(c23)C1=O. The molecule has 0 unspecified atom stereocenters. The lowest BCUT2D eigenvalue weighted by Gasteiger charge is -2.29. The maximum atomic E-state index is 13.9. The topological polar surface area (TPSA) is 37.3 Å². The lowest BCUT2D eigenvalue weighted by molar-refractivity contribution is 0.101. The van der Waals surface area contributed by atoms with Gasteiger partial charge >= 0.3 is 0 Å². The number of Topliss-reactive ketones (excluding diaryl/α,β-unsaturated/α-hetero) is 1. The predicted octanol–water partition coefficient (Wildman–Crippen LogP) is 12.1. The van der Waals surface area contributed by atoms with Crippen molar-refractivity contribution in [3.05, 3.63) is 92.6 Å². The van der Waals surface area contributed by atoms with E-state index in [4.69, 9.17) is 0 Å². The highest BCUT2D eigenvalue weighted by Gasteiger charge is 2.33. The Hall–Kier alpha value is -1.55. The molecule has 3 heterocycles. The molecular formula is C35H32O2S6. The minimum Gasteiger partial charge on any atom is -0.507 e. The molecule has 220 valence electrons. The van der Waals surface area contributed by atoms with E-state index in [1.165, 1.54) is 38.9 Å². The molecule has 2 nitrogen and oxygen atoms in total. The number of thioether (sulfide) groups is 6. The molecule has 3 aromatic rings. The van der Waals surface area contributed by atoms with Gasteiger partial charge in [0.05, 0.1) is 16.9 Å². The first-order valence-electron chi connectivity index (χ1n) is 14.2. The van der Waals surface area contributed by atoms with E-state index in [2.05, 4.69) is 83.3 Å². The van der Waals surface area contributed by atoms with Crippen LogP contribution in [0.4, 0.5) is 0 Å². The van der Waals surface area contributed by atoms with Crippen LogP contribution in [0.1, 0.15) is 68.6 Å². The van der Waals surface area contributed by atoms with Gasteiger partial charge in [0.1, 0.15) is 5.75 Å². The molecule has 0 saturated carbocycles. The van der Waals surface area contributed by atoms with Gasteiger partial charge in [-0.25, -0.2) is 0 Å². The molecular weight excluding hydrogens is 645 g/mol. The molecule has 7 rings (SSSR count). The zero-order valence-electron chi connectivity index (χ0n) is 24.9. The van der Waals surface area contributed by atoms with Crippen molar-refractivity contribution in [3.8, 4) is 16.9 Å². The summed E-state index contributed by atoms with van der Waals surface area (Å²) in [5, 5.41) is 15.4. The second kappa shape index (κ2) is 11.1. The van der Waals surface area contributed by atoms with Gasteiger partial charge in [-0.3, -0.25) is 4.79 Å². The molecule has 0 radical (unpaired) electrons. The number of ketones is 1. The Labute approximate surface area is 279 Å². The Kier molecular flexibility index (Phi) is 7.75. The molecule has 0 aromatic heterocycles. The van der Waals surface area contributed by atoms with Crippen LogP contribution >= 0.6 is 70.6 Å². The number of aromatic hydroxyl groups is 1. The Morgan fingerprint density at radius 2 is 1.37 bits per heavy atom. The fraction of sp³-hybridized carbons (Fsp3) is 0.286. The molecule has 0 atom stereocenters. The van der Waals surface area contributed by atoms with Gasteiger partial charge < -0.3 is 5.11 Å². The summed E-state index contributed by atoms with van der Waals surface area (Å²) >= 11 is 11.6. The molecule has 0 saturated heterocycles. The summed E-state index contributed by atoms with van der Waals surface area (Å²) in [6.45, 7) is 12.6. The molecule has 0 fully saturated rings. The number of benzene rings is 3. The van der Waals surface area contributed by atoms with Crippen molar-refractivity contribution < 1.29 is 9.90 Å². The maximum absolute atomic E-state index is 13.9. The maximum Gasteiger partial charge on any atom is 0.190 e. The lowest BCUT2D eigenvalue weighted by Crippen LogP contribution is -2.21. The first kappa shape index (κ1) is 30.1. The molecule has 1 aliphatic carbocycles. The summed E-state index contributed by atoms with van der Waals surface area (Å²) in [6.07, 6.45) is 2.04. The van der Waals surface area contributed by atoms with Crippen molar-refractivity contribution in [3.63, 3.8) is 0 Å². The molecule has 43 heavy (non-hydrogen) atoms. The second-order valence-corrected chi connectivity index (χ2v) is 20.2. The van der Waals surface area contributed by atoms with Crippen molar-refractivity contribution >= 4 is 98.1 Å². The number of rotatable bonds is 2. The van der Waals surface area contributed by atoms with E-state index in [1.807, 2.05) is 82.7 Å². The normalized spacial score (nSPS) is 18.9. The Balaban J connectivity index is 1.24. The minimum absolute atomic E-state index is 0.0482. The van der Waals surface area contributed by atoms with Crippen LogP contribution in [0.5, 0.6) is 5.75 Å². The third-order valence-electron chi connectivity index (χ3n) is 7.87. The highest BCUT2D eigenvalue weighted by atomic mass is 32.3. The van der Waals surface area contributed by atoms with E-state index in [-0.39, 0.29) is 22.4 Å². The van der Waals surface area contributed by atoms with Gasteiger partial charge in [-0.05, 0) is 62.8 Å². The van der Waals surface area contributed by atoms with E-state index < -0.39 is 0 Å². The summed E-state index contributed by atoms with van der Waals surface area (Å²) < 4.78 is 5.75. The van der Waals surface area contributed by atoms with Gasteiger partial charge in [0.25, 0.3) is 0 Å². The van der Waals surface area contributed by atoms with Gasteiger partial charge in [-0.15, -0.1) is 23.5 Å². The van der Waals surface area contributed by atoms with Gasteiger partial charge in [0, 0.05) is 43.9 Å². The quantitative estimate of drug-likeness (QED) is 0.287. The Bertz CT molecular complexity index is 1830. The van der Waals surface area contributed by atoms with Crippen LogP contribution in [-0.4, -0.2) is 22.4 Å². The average molecular weight is 677 g/mol. The largest absolute Gasteiger partial charge is 0.507 e. The van der Waals surface area contributed by atoms with E-state index in [0.29, 0.717) is 5.56 Å². The molecule has 3 aliphatic heterocycles. The van der Waals surface area contributed by atoms with Crippen LogP contribution in [0.3, 0.4) is 0 Å². The number of hydrogen-bond donors (Lipinski definition) is 1. The van der Waals surface area contributed by atoms with E-state index in [0.717, 1.165) is 38.6 Å². The number of hydrogen-bond acceptors (Lipinski definition) is 8. The molecule has 8 heteroatoms. The third-order valence-corrected chi connectivity index (χ3v) is 16.6. The standard InChI is InChI=1S/C35H32O2S6/c1-34(2,3)24-15-21-16-25(35(4,5)6)29(37)23-14-20(13-22(27(21)23)28(24)36)18-7-9-19(10-8-18)26-17-40-32(41-26)33-42-30-31(43-33)39-12-11-38-30/h7-10,13-17,36H,11-12H2,1-6H3.